The van der Waals surface area contributed by atoms with E-state index >= 15 is 0 Å². The Bertz CT molecular complexity index is 839. The van der Waals surface area contributed by atoms with E-state index in [2.05, 4.69) is 15.0 Å². The molecule has 2 aromatic rings. The summed E-state index contributed by atoms with van der Waals surface area (Å²) >= 11 is 6.18. The highest BCUT2D eigenvalue weighted by molar-refractivity contribution is 6.33. The normalized spacial score (nSPS) is 22.0. The lowest BCUT2D eigenvalue weighted by molar-refractivity contribution is -0.145. The molecule has 2 aromatic heterocycles. The van der Waals surface area contributed by atoms with E-state index in [1.165, 1.54) is 13.8 Å². The van der Waals surface area contributed by atoms with Gasteiger partial charge in [0.1, 0.15) is 5.52 Å². The van der Waals surface area contributed by atoms with E-state index in [0.717, 1.165) is 6.42 Å². The first kappa shape index (κ1) is 17.4. The van der Waals surface area contributed by atoms with Crippen LogP contribution in [0.15, 0.2) is 6.33 Å². The second kappa shape index (κ2) is 6.47. The lowest BCUT2D eigenvalue weighted by Gasteiger charge is -2.18. The second-order valence-corrected chi connectivity index (χ2v) is 6.62. The predicted octanol–water partition coefficient (Wildman–Crippen LogP) is 1.19. The Balaban J connectivity index is 1.84. The smallest absolute Gasteiger partial charge is 0.302 e. The lowest BCUT2D eigenvalue weighted by Crippen LogP contribution is -2.23. The maximum Gasteiger partial charge on any atom is 0.302 e. The van der Waals surface area contributed by atoms with Crippen LogP contribution in [0.5, 0.6) is 0 Å². The van der Waals surface area contributed by atoms with Gasteiger partial charge in [-0.25, -0.2) is 4.98 Å². The number of carbonyl (C=O) groups excluding carboxylic acids is 2. The standard InChI is InChI=1S/C15H18ClN5O4/c1-8(22)24-4-10-3-15(10,6-25-9(2)23)5-21-7-18-13-11(21)12(16)19-14(17)20-13/h7,10H,3-6H2,1-2H3,(H2,17,19,20). The van der Waals surface area contributed by atoms with Crippen LogP contribution in [-0.4, -0.2) is 44.7 Å². The molecule has 3 rings (SSSR count). The van der Waals surface area contributed by atoms with Gasteiger partial charge in [-0.3, -0.25) is 9.59 Å². The van der Waals surface area contributed by atoms with Crippen molar-refractivity contribution in [3.05, 3.63) is 11.5 Å². The minimum Gasteiger partial charge on any atom is -0.466 e. The molecule has 1 aliphatic rings. The number of nitrogens with two attached hydrogens (primary N) is 1. The van der Waals surface area contributed by atoms with Gasteiger partial charge < -0.3 is 19.8 Å². The number of hydrogen-bond acceptors (Lipinski definition) is 8. The summed E-state index contributed by atoms with van der Waals surface area (Å²) in [5.74, 6) is -0.561. The summed E-state index contributed by atoms with van der Waals surface area (Å²) < 4.78 is 12.1. The maximum atomic E-state index is 11.2. The molecule has 0 spiro atoms. The third-order valence-corrected chi connectivity index (χ3v) is 4.61. The van der Waals surface area contributed by atoms with Gasteiger partial charge in [-0.2, -0.15) is 9.97 Å². The molecular weight excluding hydrogens is 350 g/mol. The minimum atomic E-state index is -0.359. The molecule has 9 nitrogen and oxygen atoms in total. The number of carbonyl (C=O) groups is 2. The molecule has 0 radical (unpaired) electrons. The number of esters is 2. The Morgan fingerprint density at radius 3 is 2.76 bits per heavy atom. The van der Waals surface area contributed by atoms with E-state index in [1.807, 2.05) is 4.57 Å². The van der Waals surface area contributed by atoms with Crippen LogP contribution in [-0.2, 0) is 25.6 Å². The Hall–Kier alpha value is -2.42. The first-order valence-corrected chi connectivity index (χ1v) is 8.09. The van der Waals surface area contributed by atoms with Crippen molar-refractivity contribution in [3.8, 4) is 0 Å². The molecule has 2 unspecified atom stereocenters. The van der Waals surface area contributed by atoms with Gasteiger partial charge >= 0.3 is 11.9 Å². The van der Waals surface area contributed by atoms with Crippen LogP contribution in [0.2, 0.25) is 5.15 Å². The molecule has 0 aliphatic heterocycles. The van der Waals surface area contributed by atoms with Crippen molar-refractivity contribution in [1.29, 1.82) is 0 Å². The third kappa shape index (κ3) is 3.65. The Morgan fingerprint density at radius 1 is 1.36 bits per heavy atom. The van der Waals surface area contributed by atoms with Crippen molar-refractivity contribution in [1.82, 2.24) is 19.5 Å². The summed E-state index contributed by atoms with van der Waals surface area (Å²) in [5.41, 5.74) is 6.20. The van der Waals surface area contributed by atoms with Gasteiger partial charge in [-0.1, -0.05) is 11.6 Å². The molecule has 0 saturated heterocycles. The number of fused-ring (bicyclic) bond motifs is 1. The van der Waals surface area contributed by atoms with Gasteiger partial charge in [-0.15, -0.1) is 0 Å². The minimum absolute atomic E-state index is 0.0523. The topological polar surface area (TPSA) is 122 Å². The van der Waals surface area contributed by atoms with Crippen LogP contribution in [0.4, 0.5) is 5.95 Å². The summed E-state index contributed by atoms with van der Waals surface area (Å²) in [5, 5.41) is 0.208. The van der Waals surface area contributed by atoms with E-state index in [9.17, 15) is 9.59 Å². The fourth-order valence-electron chi connectivity index (χ4n) is 2.96. The number of hydrogen-bond donors (Lipinski definition) is 1. The highest BCUT2D eigenvalue weighted by atomic mass is 35.5. The highest BCUT2D eigenvalue weighted by Gasteiger charge is 2.56. The molecule has 134 valence electrons. The average Bonchev–Trinajstić information content (AvgIpc) is 3.05. The molecule has 0 aromatic carbocycles. The number of anilines is 1. The molecule has 1 aliphatic carbocycles. The molecule has 0 bridgehead atoms. The Labute approximate surface area is 148 Å². The van der Waals surface area contributed by atoms with E-state index in [1.54, 1.807) is 6.33 Å². The Kier molecular flexibility index (Phi) is 4.51. The van der Waals surface area contributed by atoms with E-state index < -0.39 is 0 Å². The number of halogens is 1. The summed E-state index contributed by atoms with van der Waals surface area (Å²) in [4.78, 5) is 34.5. The predicted molar refractivity (Wildman–Crippen MR) is 88.6 cm³/mol. The summed E-state index contributed by atoms with van der Waals surface area (Å²) in [7, 11) is 0. The quantitative estimate of drug-likeness (QED) is 0.596. The van der Waals surface area contributed by atoms with Crippen molar-refractivity contribution in [2.45, 2.75) is 26.8 Å². The van der Waals surface area contributed by atoms with Gasteiger partial charge in [0.2, 0.25) is 5.95 Å². The monoisotopic (exact) mass is 367 g/mol. The number of aromatic nitrogens is 4. The molecule has 1 fully saturated rings. The number of ether oxygens (including phenoxy) is 2. The molecule has 25 heavy (non-hydrogen) atoms. The largest absolute Gasteiger partial charge is 0.466 e. The van der Waals surface area contributed by atoms with Crippen LogP contribution < -0.4 is 5.73 Å². The third-order valence-electron chi connectivity index (χ3n) is 4.34. The van der Waals surface area contributed by atoms with Crippen LogP contribution in [0, 0.1) is 11.3 Å². The van der Waals surface area contributed by atoms with Crippen LogP contribution in [0.1, 0.15) is 20.3 Å². The van der Waals surface area contributed by atoms with Crippen molar-refractivity contribution >= 4 is 40.7 Å². The zero-order valence-electron chi connectivity index (χ0n) is 13.9. The maximum absolute atomic E-state index is 11.2. The second-order valence-electron chi connectivity index (χ2n) is 6.26. The summed E-state index contributed by atoms with van der Waals surface area (Å²) in [6.07, 6.45) is 2.35. The first-order valence-electron chi connectivity index (χ1n) is 7.71. The molecule has 2 heterocycles. The van der Waals surface area contributed by atoms with Crippen LogP contribution in [0.25, 0.3) is 11.2 Å². The van der Waals surface area contributed by atoms with Crippen molar-refractivity contribution < 1.29 is 19.1 Å². The molecular formula is C15H18ClN5O4. The first-order chi connectivity index (χ1) is 11.8. The SMILES string of the molecule is CC(=O)OCC1CC1(COC(C)=O)Cn1cnc2nc(N)nc(Cl)c21. The van der Waals surface area contributed by atoms with Gasteiger partial charge in [0.05, 0.1) is 19.5 Å². The lowest BCUT2D eigenvalue weighted by atomic mass is 10.1. The Morgan fingerprint density at radius 2 is 2.08 bits per heavy atom. The van der Waals surface area contributed by atoms with Gasteiger partial charge in [0.25, 0.3) is 0 Å². The average molecular weight is 368 g/mol. The van der Waals surface area contributed by atoms with E-state index in [0.29, 0.717) is 17.7 Å². The van der Waals surface area contributed by atoms with E-state index in [4.69, 9.17) is 26.8 Å². The number of imidazole rings is 1. The number of rotatable bonds is 6. The molecule has 0 amide bonds. The van der Waals surface area contributed by atoms with Gasteiger partial charge in [0.15, 0.2) is 10.8 Å². The zero-order chi connectivity index (χ0) is 18.2. The van der Waals surface area contributed by atoms with Crippen LogP contribution in [0.3, 0.4) is 0 Å². The molecule has 1 saturated carbocycles. The van der Waals surface area contributed by atoms with Crippen molar-refractivity contribution in [2.24, 2.45) is 11.3 Å². The number of nitrogen functional groups attached to an aromatic ring is 1. The summed E-state index contributed by atoms with van der Waals surface area (Å²) in [6.45, 7) is 3.70. The van der Waals surface area contributed by atoms with Gasteiger partial charge in [0, 0.05) is 31.7 Å². The van der Waals surface area contributed by atoms with E-state index in [-0.39, 0.29) is 47.6 Å². The molecule has 10 heteroatoms. The summed E-state index contributed by atoms with van der Waals surface area (Å²) in [6, 6.07) is 0. The molecule has 2 N–H and O–H groups in total. The number of nitrogens with zero attached hydrogens (tertiary/aromatic N) is 4. The van der Waals surface area contributed by atoms with Gasteiger partial charge in [-0.05, 0) is 6.42 Å². The molecule has 2 atom stereocenters. The van der Waals surface area contributed by atoms with Crippen LogP contribution >= 0.6 is 11.6 Å². The fraction of sp³-hybridized carbons (Fsp3) is 0.533. The zero-order valence-corrected chi connectivity index (χ0v) is 14.6. The van der Waals surface area contributed by atoms with Crippen molar-refractivity contribution in [2.75, 3.05) is 18.9 Å². The highest BCUT2D eigenvalue weighted by Crippen LogP contribution is 2.54. The fourth-order valence-corrected chi connectivity index (χ4v) is 3.24. The van der Waals surface area contributed by atoms with Crippen molar-refractivity contribution in [3.63, 3.8) is 0 Å².